The molecule has 0 radical (unpaired) electrons. The molecule has 1 rings (SSSR count). The van der Waals surface area contributed by atoms with Crippen LogP contribution in [0.15, 0.2) is 0 Å². The van der Waals surface area contributed by atoms with E-state index in [1.54, 1.807) is 11.9 Å². The van der Waals surface area contributed by atoms with Crippen LogP contribution >= 0.6 is 0 Å². The summed E-state index contributed by atoms with van der Waals surface area (Å²) < 4.78 is 0. The van der Waals surface area contributed by atoms with Gasteiger partial charge in [-0.05, 0) is 38.8 Å². The maximum Gasteiger partial charge on any atom is 0.228 e. The minimum absolute atomic E-state index is 0.0151. The van der Waals surface area contributed by atoms with E-state index in [1.807, 2.05) is 20.8 Å². The lowest BCUT2D eigenvalue weighted by Gasteiger charge is -2.39. The molecule has 0 bridgehead atoms. The van der Waals surface area contributed by atoms with Crippen molar-refractivity contribution >= 4 is 5.91 Å². The molecule has 1 aliphatic heterocycles. The van der Waals surface area contributed by atoms with E-state index in [1.165, 1.54) is 0 Å². The van der Waals surface area contributed by atoms with E-state index in [9.17, 15) is 4.79 Å². The zero-order valence-corrected chi connectivity index (χ0v) is 11.5. The minimum Gasteiger partial charge on any atom is -0.394 e. The molecular formula is C13H26N2O2. The fourth-order valence-electron chi connectivity index (χ4n) is 2.42. The number of rotatable bonds is 4. The molecule has 1 amide bonds. The van der Waals surface area contributed by atoms with Crippen LogP contribution in [0.4, 0.5) is 0 Å². The maximum atomic E-state index is 12.5. The van der Waals surface area contributed by atoms with Crippen molar-refractivity contribution in [3.05, 3.63) is 0 Å². The molecule has 0 aliphatic carbocycles. The van der Waals surface area contributed by atoms with E-state index in [2.05, 4.69) is 5.32 Å². The van der Waals surface area contributed by atoms with Crippen molar-refractivity contribution in [3.8, 4) is 0 Å². The first kappa shape index (κ1) is 14.5. The Morgan fingerprint density at radius 2 is 2.24 bits per heavy atom. The monoisotopic (exact) mass is 242 g/mol. The van der Waals surface area contributed by atoms with Crippen LogP contribution in [0.2, 0.25) is 0 Å². The largest absolute Gasteiger partial charge is 0.394 e. The van der Waals surface area contributed by atoms with Crippen molar-refractivity contribution in [2.24, 2.45) is 11.3 Å². The molecule has 1 saturated heterocycles. The number of hydrogen-bond acceptors (Lipinski definition) is 3. The van der Waals surface area contributed by atoms with E-state index in [4.69, 9.17) is 5.11 Å². The Balaban J connectivity index is 2.70. The highest BCUT2D eigenvalue weighted by atomic mass is 16.3. The van der Waals surface area contributed by atoms with Gasteiger partial charge in [0.15, 0.2) is 0 Å². The van der Waals surface area contributed by atoms with Crippen molar-refractivity contribution in [2.45, 2.75) is 39.7 Å². The van der Waals surface area contributed by atoms with Crippen LogP contribution in [0.3, 0.4) is 0 Å². The fraction of sp³-hybridized carbons (Fsp3) is 0.923. The molecule has 0 saturated carbocycles. The van der Waals surface area contributed by atoms with Gasteiger partial charge in [0.1, 0.15) is 0 Å². The summed E-state index contributed by atoms with van der Waals surface area (Å²) in [7, 11) is 1.78. The predicted molar refractivity (Wildman–Crippen MR) is 68.7 cm³/mol. The van der Waals surface area contributed by atoms with Gasteiger partial charge in [-0.3, -0.25) is 4.79 Å². The topological polar surface area (TPSA) is 52.6 Å². The minimum atomic E-state index is -0.356. The van der Waals surface area contributed by atoms with Crippen LogP contribution in [0.5, 0.6) is 0 Å². The molecule has 0 aromatic rings. The fourth-order valence-corrected chi connectivity index (χ4v) is 2.42. The number of aliphatic hydroxyl groups is 1. The second-order valence-electron chi connectivity index (χ2n) is 5.71. The maximum absolute atomic E-state index is 12.5. The number of carbonyl (C=O) groups excluding carboxylic acids is 1. The number of nitrogens with one attached hydrogen (secondary N) is 1. The first-order valence-electron chi connectivity index (χ1n) is 6.50. The lowest BCUT2D eigenvalue weighted by molar-refractivity contribution is -0.145. The average molecular weight is 242 g/mol. The summed E-state index contributed by atoms with van der Waals surface area (Å²) in [5.74, 6) is 0.518. The summed E-state index contributed by atoms with van der Waals surface area (Å²) in [6.45, 7) is 7.90. The number of amides is 1. The van der Waals surface area contributed by atoms with Gasteiger partial charge in [-0.2, -0.15) is 0 Å². The number of piperidine rings is 1. The predicted octanol–water partition coefficient (Wildman–Crippen LogP) is 0.851. The zero-order valence-electron chi connectivity index (χ0n) is 11.5. The van der Waals surface area contributed by atoms with Gasteiger partial charge in [-0.1, -0.05) is 13.8 Å². The van der Waals surface area contributed by atoms with Crippen LogP contribution in [-0.2, 0) is 4.79 Å². The van der Waals surface area contributed by atoms with Crippen LogP contribution in [0.1, 0.15) is 33.6 Å². The second kappa shape index (κ2) is 5.83. The quantitative estimate of drug-likeness (QED) is 0.768. The van der Waals surface area contributed by atoms with Gasteiger partial charge in [0.05, 0.1) is 12.6 Å². The van der Waals surface area contributed by atoms with Crippen molar-refractivity contribution in [3.63, 3.8) is 0 Å². The molecule has 1 aliphatic rings. The first-order chi connectivity index (χ1) is 7.91. The number of carbonyl (C=O) groups is 1. The van der Waals surface area contributed by atoms with Gasteiger partial charge in [0.25, 0.3) is 0 Å². The van der Waals surface area contributed by atoms with Gasteiger partial charge in [0.2, 0.25) is 5.91 Å². The molecule has 1 fully saturated rings. The summed E-state index contributed by atoms with van der Waals surface area (Å²) in [5.41, 5.74) is -0.356. The molecule has 4 heteroatoms. The summed E-state index contributed by atoms with van der Waals surface area (Å²) in [6.07, 6.45) is 2.24. The molecule has 17 heavy (non-hydrogen) atoms. The van der Waals surface area contributed by atoms with E-state index >= 15 is 0 Å². The third-order valence-corrected chi connectivity index (χ3v) is 4.11. The molecule has 4 nitrogen and oxygen atoms in total. The Labute approximate surface area is 104 Å². The third kappa shape index (κ3) is 3.19. The Bertz CT molecular complexity index is 260. The summed E-state index contributed by atoms with van der Waals surface area (Å²) in [6, 6.07) is -0.113. The second-order valence-corrected chi connectivity index (χ2v) is 5.71. The molecule has 0 aromatic heterocycles. The molecule has 0 aromatic carbocycles. The van der Waals surface area contributed by atoms with Crippen LogP contribution in [0, 0.1) is 11.3 Å². The van der Waals surface area contributed by atoms with E-state index < -0.39 is 0 Å². The van der Waals surface area contributed by atoms with Crippen molar-refractivity contribution in [1.29, 1.82) is 0 Å². The smallest absolute Gasteiger partial charge is 0.228 e. The summed E-state index contributed by atoms with van der Waals surface area (Å²) in [5, 5.41) is 12.5. The Morgan fingerprint density at radius 1 is 1.59 bits per heavy atom. The van der Waals surface area contributed by atoms with Crippen molar-refractivity contribution in [1.82, 2.24) is 10.2 Å². The van der Waals surface area contributed by atoms with Crippen molar-refractivity contribution < 1.29 is 9.90 Å². The third-order valence-electron chi connectivity index (χ3n) is 4.11. The number of aliphatic hydroxyl groups excluding tert-OH is 1. The lowest BCUT2D eigenvalue weighted by Crippen LogP contribution is -2.50. The lowest BCUT2D eigenvalue weighted by atomic mass is 9.74. The van der Waals surface area contributed by atoms with Gasteiger partial charge < -0.3 is 15.3 Å². The van der Waals surface area contributed by atoms with Gasteiger partial charge in [-0.15, -0.1) is 0 Å². The number of likely N-dealkylation sites (N-methyl/N-ethyl adjacent to an activating group) is 1. The summed E-state index contributed by atoms with van der Waals surface area (Å²) >= 11 is 0. The number of nitrogens with zero attached hydrogens (tertiary/aromatic N) is 1. The zero-order chi connectivity index (χ0) is 13.1. The average Bonchev–Trinajstić information content (AvgIpc) is 2.37. The molecule has 2 unspecified atom stereocenters. The van der Waals surface area contributed by atoms with Gasteiger partial charge in [-0.25, -0.2) is 0 Å². The van der Waals surface area contributed by atoms with Crippen molar-refractivity contribution in [2.75, 3.05) is 26.7 Å². The highest BCUT2D eigenvalue weighted by molar-refractivity contribution is 5.82. The Hall–Kier alpha value is -0.610. The van der Waals surface area contributed by atoms with E-state index in [-0.39, 0.29) is 24.0 Å². The molecule has 2 atom stereocenters. The van der Waals surface area contributed by atoms with E-state index in [0.29, 0.717) is 5.92 Å². The highest BCUT2D eigenvalue weighted by Gasteiger charge is 2.39. The van der Waals surface area contributed by atoms with Crippen LogP contribution < -0.4 is 5.32 Å². The van der Waals surface area contributed by atoms with Gasteiger partial charge >= 0.3 is 0 Å². The van der Waals surface area contributed by atoms with Crippen LogP contribution in [-0.4, -0.2) is 48.7 Å². The molecule has 1 heterocycles. The van der Waals surface area contributed by atoms with E-state index in [0.717, 1.165) is 25.9 Å². The van der Waals surface area contributed by atoms with Crippen LogP contribution in [0.25, 0.3) is 0 Å². The highest BCUT2D eigenvalue weighted by Crippen LogP contribution is 2.33. The standard InChI is InChI=1S/C13H26N2O2/c1-10(9-16)15(4)12(17)13(2,3)11-6-5-7-14-8-11/h10-11,14,16H,5-9H2,1-4H3. The summed E-state index contributed by atoms with van der Waals surface area (Å²) in [4.78, 5) is 14.1. The molecular weight excluding hydrogens is 216 g/mol. The SMILES string of the molecule is CC(CO)N(C)C(=O)C(C)(C)C1CCCNC1. The Morgan fingerprint density at radius 3 is 2.71 bits per heavy atom. The Kier molecular flexibility index (Phi) is 4.95. The number of hydrogen-bond donors (Lipinski definition) is 2. The van der Waals surface area contributed by atoms with Gasteiger partial charge in [0, 0.05) is 12.5 Å². The molecule has 0 spiro atoms. The first-order valence-corrected chi connectivity index (χ1v) is 6.50. The molecule has 2 N–H and O–H groups in total. The molecule has 100 valence electrons. The normalized spacial score (nSPS) is 23.2.